The minimum atomic E-state index is 0.783. The molecule has 0 aliphatic carbocycles. The second-order valence-corrected chi connectivity index (χ2v) is 10.7. The fourth-order valence-electron chi connectivity index (χ4n) is 4.76. The van der Waals surface area contributed by atoms with Gasteiger partial charge in [-0.25, -0.2) is 0 Å². The van der Waals surface area contributed by atoms with E-state index >= 15 is 0 Å². The lowest BCUT2D eigenvalue weighted by Crippen LogP contribution is -1.95. The number of hydrogen-bond donors (Lipinski definition) is 0. The molecule has 0 fully saturated rings. The van der Waals surface area contributed by atoms with Gasteiger partial charge >= 0.3 is 0 Å². The zero-order valence-electron chi connectivity index (χ0n) is 24.2. The van der Waals surface area contributed by atoms with Crippen LogP contribution in [0.2, 0.25) is 0 Å². The van der Waals surface area contributed by atoms with E-state index in [0.29, 0.717) is 0 Å². The Morgan fingerprint density at radius 3 is 1.54 bits per heavy atom. The minimum absolute atomic E-state index is 0.783. The van der Waals surface area contributed by atoms with Crippen LogP contribution in [0.4, 0.5) is 5.69 Å². The van der Waals surface area contributed by atoms with Crippen LogP contribution in [0.5, 0.6) is 5.75 Å². The summed E-state index contributed by atoms with van der Waals surface area (Å²) in [6.45, 7) is 5.25. The number of aryl methyl sites for hydroxylation is 1. The molecular formula is C35H55NO. The third-order valence-corrected chi connectivity index (χ3v) is 7.26. The van der Waals surface area contributed by atoms with Crippen LogP contribution < -0.4 is 4.74 Å². The van der Waals surface area contributed by atoms with Crippen LogP contribution in [0.25, 0.3) is 0 Å². The van der Waals surface area contributed by atoms with Crippen molar-refractivity contribution in [3.8, 4) is 5.75 Å². The van der Waals surface area contributed by atoms with Gasteiger partial charge < -0.3 is 4.74 Å². The van der Waals surface area contributed by atoms with E-state index in [1.807, 2.05) is 30.5 Å². The topological polar surface area (TPSA) is 21.6 Å². The van der Waals surface area contributed by atoms with Gasteiger partial charge in [-0.15, -0.1) is 0 Å². The molecule has 2 aromatic carbocycles. The summed E-state index contributed by atoms with van der Waals surface area (Å²) < 4.78 is 5.72. The first-order valence-corrected chi connectivity index (χ1v) is 15.7. The average Bonchev–Trinajstić information content (AvgIpc) is 2.93. The molecule has 0 unspecified atom stereocenters. The molecule has 0 N–H and O–H groups in total. The van der Waals surface area contributed by atoms with Crippen molar-refractivity contribution in [2.24, 2.45) is 4.99 Å². The summed E-state index contributed by atoms with van der Waals surface area (Å²) in [5.41, 5.74) is 3.55. The Morgan fingerprint density at radius 1 is 0.541 bits per heavy atom. The molecule has 0 bridgehead atoms. The van der Waals surface area contributed by atoms with Crippen LogP contribution in [0.3, 0.4) is 0 Å². The maximum Gasteiger partial charge on any atom is 0.119 e. The van der Waals surface area contributed by atoms with Crippen LogP contribution in [-0.2, 0) is 6.42 Å². The normalized spacial score (nSPS) is 11.4. The summed E-state index contributed by atoms with van der Waals surface area (Å²) in [7, 11) is 0. The molecular weight excluding hydrogens is 450 g/mol. The molecule has 2 aromatic rings. The summed E-state index contributed by atoms with van der Waals surface area (Å²) in [5.74, 6) is 0.922. The van der Waals surface area contributed by atoms with Gasteiger partial charge in [0.1, 0.15) is 5.75 Å². The van der Waals surface area contributed by atoms with E-state index in [4.69, 9.17) is 4.74 Å². The highest BCUT2D eigenvalue weighted by atomic mass is 16.5. The van der Waals surface area contributed by atoms with Crippen LogP contribution in [-0.4, -0.2) is 12.8 Å². The molecule has 0 aromatic heterocycles. The van der Waals surface area contributed by atoms with E-state index in [1.165, 1.54) is 115 Å². The van der Waals surface area contributed by atoms with Crippen LogP contribution in [0.15, 0.2) is 53.5 Å². The second kappa shape index (κ2) is 21.9. The minimum Gasteiger partial charge on any atom is -0.494 e. The van der Waals surface area contributed by atoms with Crippen molar-refractivity contribution in [1.29, 1.82) is 0 Å². The first-order valence-electron chi connectivity index (χ1n) is 15.7. The smallest absolute Gasteiger partial charge is 0.119 e. The number of nitrogens with zero attached hydrogens (tertiary/aromatic N) is 1. The molecule has 0 amide bonds. The van der Waals surface area contributed by atoms with Crippen molar-refractivity contribution in [1.82, 2.24) is 0 Å². The van der Waals surface area contributed by atoms with Crippen molar-refractivity contribution < 1.29 is 4.74 Å². The lowest BCUT2D eigenvalue weighted by molar-refractivity contribution is 0.309. The lowest BCUT2D eigenvalue weighted by Gasteiger charge is -2.05. The van der Waals surface area contributed by atoms with Crippen LogP contribution in [0.1, 0.15) is 141 Å². The first-order chi connectivity index (χ1) is 18.3. The molecule has 0 spiro atoms. The SMILES string of the molecule is CCCCCCCCCCCCCCCCCCc1ccc(C=Nc2ccc(OCCCC)cc2)cc1. The van der Waals surface area contributed by atoms with Crippen LogP contribution >= 0.6 is 0 Å². The Kier molecular flexibility index (Phi) is 18.5. The summed E-state index contributed by atoms with van der Waals surface area (Å²) >= 11 is 0. The maximum atomic E-state index is 5.72. The lowest BCUT2D eigenvalue weighted by atomic mass is 10.0. The van der Waals surface area contributed by atoms with Crippen LogP contribution in [0, 0.1) is 0 Å². The quantitative estimate of drug-likeness (QED) is 0.109. The summed E-state index contributed by atoms with van der Waals surface area (Å²) in [5, 5.41) is 0. The highest BCUT2D eigenvalue weighted by molar-refractivity contribution is 5.81. The molecule has 206 valence electrons. The fourth-order valence-corrected chi connectivity index (χ4v) is 4.76. The van der Waals surface area contributed by atoms with Gasteiger partial charge in [0.15, 0.2) is 0 Å². The highest BCUT2D eigenvalue weighted by Crippen LogP contribution is 2.19. The zero-order valence-corrected chi connectivity index (χ0v) is 24.2. The monoisotopic (exact) mass is 505 g/mol. The molecule has 0 heterocycles. The molecule has 0 aliphatic heterocycles. The Morgan fingerprint density at radius 2 is 1.03 bits per heavy atom. The molecule has 2 rings (SSSR count). The third kappa shape index (κ3) is 16.4. The number of unbranched alkanes of at least 4 members (excludes halogenated alkanes) is 16. The third-order valence-electron chi connectivity index (χ3n) is 7.26. The largest absolute Gasteiger partial charge is 0.494 e. The zero-order chi connectivity index (χ0) is 26.2. The molecule has 0 saturated carbocycles. The van der Waals surface area contributed by atoms with Crippen molar-refractivity contribution in [2.75, 3.05) is 6.61 Å². The van der Waals surface area contributed by atoms with E-state index in [0.717, 1.165) is 36.4 Å². The summed E-state index contributed by atoms with van der Waals surface area (Å²) in [6, 6.07) is 16.9. The maximum absolute atomic E-state index is 5.72. The summed E-state index contributed by atoms with van der Waals surface area (Å²) in [6.07, 6.45) is 28.2. The molecule has 2 nitrogen and oxygen atoms in total. The predicted octanol–water partition coefficient (Wildman–Crippen LogP) is 11.4. The Labute approximate surface area is 229 Å². The summed E-state index contributed by atoms with van der Waals surface area (Å²) in [4.78, 5) is 4.61. The van der Waals surface area contributed by atoms with E-state index in [9.17, 15) is 0 Å². The number of ether oxygens (including phenoxy) is 1. The molecule has 37 heavy (non-hydrogen) atoms. The van der Waals surface area contributed by atoms with Crippen molar-refractivity contribution >= 4 is 11.9 Å². The molecule has 0 radical (unpaired) electrons. The van der Waals surface area contributed by atoms with E-state index in [-0.39, 0.29) is 0 Å². The van der Waals surface area contributed by atoms with Gasteiger partial charge in [0, 0.05) is 6.21 Å². The fraction of sp³-hybridized carbons (Fsp3) is 0.629. The average molecular weight is 506 g/mol. The van der Waals surface area contributed by atoms with Gasteiger partial charge in [0.2, 0.25) is 0 Å². The van der Waals surface area contributed by atoms with Gasteiger partial charge in [-0.1, -0.05) is 141 Å². The molecule has 0 atom stereocenters. The number of aliphatic imine (C=N–C) groups is 1. The predicted molar refractivity (Wildman–Crippen MR) is 164 cm³/mol. The molecule has 2 heteroatoms. The number of benzene rings is 2. The van der Waals surface area contributed by atoms with Gasteiger partial charge in [-0.3, -0.25) is 4.99 Å². The standard InChI is InChI=1S/C35H55NO/c1-3-5-7-8-9-10-11-12-13-14-15-16-17-18-19-20-21-32-22-24-33(25-23-32)31-36-34-26-28-35(29-27-34)37-30-6-4-2/h22-29,31H,3-21,30H2,1-2H3. The van der Waals surface area contributed by atoms with Gasteiger partial charge in [-0.2, -0.15) is 0 Å². The Balaban J connectivity index is 1.45. The molecule has 0 aliphatic rings. The van der Waals surface area contributed by atoms with E-state index < -0.39 is 0 Å². The van der Waals surface area contributed by atoms with Crippen molar-refractivity contribution in [2.45, 2.75) is 136 Å². The Bertz CT molecular complexity index is 793. The molecule has 0 saturated heterocycles. The van der Waals surface area contributed by atoms with E-state index in [1.54, 1.807) is 0 Å². The van der Waals surface area contributed by atoms with E-state index in [2.05, 4.69) is 43.1 Å². The number of rotatable bonds is 23. The Hall–Kier alpha value is -2.09. The van der Waals surface area contributed by atoms with Crippen molar-refractivity contribution in [3.05, 3.63) is 59.7 Å². The number of hydrogen-bond acceptors (Lipinski definition) is 2. The highest BCUT2D eigenvalue weighted by Gasteiger charge is 1.98. The van der Waals surface area contributed by atoms with Gasteiger partial charge in [-0.05, 0) is 54.7 Å². The first kappa shape index (κ1) is 31.1. The van der Waals surface area contributed by atoms with Gasteiger partial charge in [0.05, 0.1) is 12.3 Å². The second-order valence-electron chi connectivity index (χ2n) is 10.7. The van der Waals surface area contributed by atoms with Crippen molar-refractivity contribution in [3.63, 3.8) is 0 Å². The van der Waals surface area contributed by atoms with Gasteiger partial charge in [0.25, 0.3) is 0 Å².